The van der Waals surface area contributed by atoms with Gasteiger partial charge in [0.1, 0.15) is 6.42 Å². The van der Waals surface area contributed by atoms with Crippen LogP contribution in [0.25, 0.3) is 0 Å². The molecule has 0 saturated carbocycles. The van der Waals surface area contributed by atoms with Crippen LogP contribution in [0.3, 0.4) is 0 Å². The van der Waals surface area contributed by atoms with Crippen molar-refractivity contribution in [1.29, 1.82) is 0 Å². The van der Waals surface area contributed by atoms with Crippen molar-refractivity contribution in [1.82, 2.24) is 0 Å². The van der Waals surface area contributed by atoms with Crippen LogP contribution in [0.2, 0.25) is 0 Å². The van der Waals surface area contributed by atoms with Gasteiger partial charge in [0.15, 0.2) is 11.5 Å². The summed E-state index contributed by atoms with van der Waals surface area (Å²) in [5, 5.41) is 0. The summed E-state index contributed by atoms with van der Waals surface area (Å²) < 4.78 is 15.0. The third-order valence-electron chi connectivity index (χ3n) is 2.95. The minimum Gasteiger partial charge on any atom is -0.469 e. The maximum absolute atomic E-state index is 11.9. The molecule has 1 aromatic carbocycles. The van der Waals surface area contributed by atoms with Crippen LogP contribution < -0.4 is 14.4 Å². The maximum Gasteiger partial charge on any atom is 0.315 e. The van der Waals surface area contributed by atoms with Crippen molar-refractivity contribution in [3.8, 4) is 11.5 Å². The van der Waals surface area contributed by atoms with Gasteiger partial charge in [0.05, 0.1) is 12.8 Å². The van der Waals surface area contributed by atoms with Gasteiger partial charge in [-0.1, -0.05) is 0 Å². The molecule has 102 valence electrons. The van der Waals surface area contributed by atoms with Crippen LogP contribution >= 0.6 is 0 Å². The van der Waals surface area contributed by atoms with Gasteiger partial charge in [-0.25, -0.2) is 0 Å². The van der Waals surface area contributed by atoms with E-state index in [1.165, 1.54) is 12.0 Å². The normalized spacial score (nSPS) is 12.2. The standard InChI is InChI=1S/C13H15NO5/c1-8-4-10-11(19-7-18-10)5-9(8)14(2)12(15)6-13(16)17-3/h4-5H,6-7H2,1-3H3. The van der Waals surface area contributed by atoms with Gasteiger partial charge in [-0.15, -0.1) is 0 Å². The van der Waals surface area contributed by atoms with E-state index in [1.54, 1.807) is 19.2 Å². The molecular weight excluding hydrogens is 250 g/mol. The molecule has 1 aliphatic rings. The average Bonchev–Trinajstić information content (AvgIpc) is 2.83. The number of methoxy groups -OCH3 is 1. The van der Waals surface area contributed by atoms with Gasteiger partial charge in [-0.3, -0.25) is 9.59 Å². The Morgan fingerprint density at radius 2 is 1.95 bits per heavy atom. The summed E-state index contributed by atoms with van der Waals surface area (Å²) in [6.45, 7) is 2.04. The number of anilines is 1. The largest absolute Gasteiger partial charge is 0.469 e. The van der Waals surface area contributed by atoms with Gasteiger partial charge in [0.2, 0.25) is 12.7 Å². The number of ether oxygens (including phenoxy) is 3. The first-order chi connectivity index (χ1) is 9.02. The number of hydrogen-bond acceptors (Lipinski definition) is 5. The van der Waals surface area contributed by atoms with Gasteiger partial charge in [0.25, 0.3) is 0 Å². The highest BCUT2D eigenvalue weighted by Gasteiger charge is 2.21. The van der Waals surface area contributed by atoms with Crippen molar-refractivity contribution in [2.75, 3.05) is 25.9 Å². The molecule has 1 heterocycles. The molecule has 0 aromatic heterocycles. The molecule has 0 bridgehead atoms. The lowest BCUT2D eigenvalue weighted by molar-refractivity contribution is -0.143. The highest BCUT2D eigenvalue weighted by molar-refractivity contribution is 6.03. The first-order valence-corrected chi connectivity index (χ1v) is 5.76. The number of benzene rings is 1. The van der Waals surface area contributed by atoms with E-state index in [0.29, 0.717) is 17.2 Å². The number of amides is 1. The third kappa shape index (κ3) is 2.62. The van der Waals surface area contributed by atoms with Gasteiger partial charge in [-0.2, -0.15) is 0 Å². The quantitative estimate of drug-likeness (QED) is 0.608. The summed E-state index contributed by atoms with van der Waals surface area (Å²) >= 11 is 0. The lowest BCUT2D eigenvalue weighted by atomic mass is 10.1. The lowest BCUT2D eigenvalue weighted by Gasteiger charge is -2.19. The second-order valence-corrected chi connectivity index (χ2v) is 4.20. The number of carbonyl (C=O) groups excluding carboxylic acids is 2. The van der Waals surface area contributed by atoms with Crippen molar-refractivity contribution in [3.63, 3.8) is 0 Å². The fourth-order valence-corrected chi connectivity index (χ4v) is 1.84. The topological polar surface area (TPSA) is 65.1 Å². The van der Waals surface area contributed by atoms with Gasteiger partial charge >= 0.3 is 5.97 Å². The summed E-state index contributed by atoms with van der Waals surface area (Å²) in [6, 6.07) is 3.53. The Labute approximate surface area is 110 Å². The Bertz CT molecular complexity index is 526. The fourth-order valence-electron chi connectivity index (χ4n) is 1.84. The molecule has 0 atom stereocenters. The number of hydrogen-bond donors (Lipinski definition) is 0. The number of rotatable bonds is 3. The Morgan fingerprint density at radius 3 is 2.58 bits per heavy atom. The second-order valence-electron chi connectivity index (χ2n) is 4.20. The highest BCUT2D eigenvalue weighted by Crippen LogP contribution is 2.37. The zero-order chi connectivity index (χ0) is 14.0. The summed E-state index contributed by atoms with van der Waals surface area (Å²) in [5.41, 5.74) is 1.54. The molecule has 1 aliphatic heterocycles. The first-order valence-electron chi connectivity index (χ1n) is 5.76. The van der Waals surface area contributed by atoms with E-state index in [9.17, 15) is 9.59 Å². The second kappa shape index (κ2) is 5.17. The predicted molar refractivity (Wildman–Crippen MR) is 67.3 cm³/mol. The zero-order valence-corrected chi connectivity index (χ0v) is 11.1. The van der Waals surface area contributed by atoms with E-state index in [1.807, 2.05) is 6.92 Å². The Hall–Kier alpha value is -2.24. The maximum atomic E-state index is 11.9. The van der Waals surface area contributed by atoms with Crippen LogP contribution in [0.5, 0.6) is 11.5 Å². The van der Waals surface area contributed by atoms with E-state index in [0.717, 1.165) is 5.56 Å². The number of aryl methyl sites for hydroxylation is 1. The minimum absolute atomic E-state index is 0.179. The fraction of sp³-hybridized carbons (Fsp3) is 0.385. The molecule has 0 aliphatic carbocycles. The number of nitrogens with zero attached hydrogens (tertiary/aromatic N) is 1. The smallest absolute Gasteiger partial charge is 0.315 e. The number of esters is 1. The first kappa shape index (κ1) is 13.2. The molecule has 0 saturated heterocycles. The van der Waals surface area contributed by atoms with E-state index in [4.69, 9.17) is 9.47 Å². The molecule has 0 spiro atoms. The Kier molecular flexibility index (Phi) is 3.59. The Morgan fingerprint density at radius 1 is 1.32 bits per heavy atom. The van der Waals surface area contributed by atoms with Crippen LogP contribution in [-0.2, 0) is 14.3 Å². The predicted octanol–water partition coefficient (Wildman–Crippen LogP) is 1.25. The molecule has 6 nitrogen and oxygen atoms in total. The lowest BCUT2D eigenvalue weighted by Crippen LogP contribution is -2.29. The number of carbonyl (C=O) groups is 2. The summed E-state index contributed by atoms with van der Waals surface area (Å²) in [4.78, 5) is 24.4. The summed E-state index contributed by atoms with van der Waals surface area (Å²) in [7, 11) is 2.86. The molecule has 19 heavy (non-hydrogen) atoms. The van der Waals surface area contributed by atoms with E-state index >= 15 is 0 Å². The van der Waals surface area contributed by atoms with Crippen molar-refractivity contribution in [2.45, 2.75) is 13.3 Å². The minimum atomic E-state index is -0.560. The van der Waals surface area contributed by atoms with Crippen molar-refractivity contribution in [3.05, 3.63) is 17.7 Å². The van der Waals surface area contributed by atoms with Gasteiger partial charge < -0.3 is 19.1 Å². The molecule has 6 heteroatoms. The van der Waals surface area contributed by atoms with Crippen molar-refractivity contribution in [2.24, 2.45) is 0 Å². The summed E-state index contributed by atoms with van der Waals surface area (Å²) in [6.07, 6.45) is -0.291. The van der Waals surface area contributed by atoms with Gasteiger partial charge in [0, 0.05) is 13.1 Å². The van der Waals surface area contributed by atoms with Gasteiger partial charge in [-0.05, 0) is 18.6 Å². The molecule has 0 N–H and O–H groups in total. The van der Waals surface area contributed by atoms with Crippen LogP contribution in [0.4, 0.5) is 5.69 Å². The highest BCUT2D eigenvalue weighted by atomic mass is 16.7. The Balaban J connectivity index is 2.21. The average molecular weight is 265 g/mol. The molecule has 1 amide bonds. The van der Waals surface area contributed by atoms with Crippen LogP contribution in [-0.4, -0.2) is 32.8 Å². The molecule has 0 fully saturated rings. The van der Waals surface area contributed by atoms with E-state index in [-0.39, 0.29) is 19.1 Å². The van der Waals surface area contributed by atoms with Crippen LogP contribution in [0, 0.1) is 6.92 Å². The molecular formula is C13H15NO5. The molecule has 0 unspecified atom stereocenters. The zero-order valence-electron chi connectivity index (χ0n) is 11.1. The van der Waals surface area contributed by atoms with Crippen LogP contribution in [0.1, 0.15) is 12.0 Å². The SMILES string of the molecule is COC(=O)CC(=O)N(C)c1cc2c(cc1C)OCO2. The van der Waals surface area contributed by atoms with Crippen molar-refractivity contribution >= 4 is 17.6 Å². The molecule has 0 radical (unpaired) electrons. The van der Waals surface area contributed by atoms with Crippen LogP contribution in [0.15, 0.2) is 12.1 Å². The third-order valence-corrected chi connectivity index (χ3v) is 2.95. The number of fused-ring (bicyclic) bond motifs is 1. The molecule has 2 rings (SSSR count). The van der Waals surface area contributed by atoms with E-state index in [2.05, 4.69) is 4.74 Å². The monoisotopic (exact) mass is 265 g/mol. The van der Waals surface area contributed by atoms with E-state index < -0.39 is 5.97 Å². The summed E-state index contributed by atoms with van der Waals surface area (Å²) in [5.74, 6) is 0.359. The van der Waals surface area contributed by atoms with Crippen molar-refractivity contribution < 1.29 is 23.8 Å². The molecule has 1 aromatic rings.